The first-order valence-electron chi connectivity index (χ1n) is 5.83. The SMILES string of the molecule is Cc1cnc2nc(CNCC3CC3)[nH]c2c1. The molecule has 4 nitrogen and oxygen atoms in total. The molecule has 0 radical (unpaired) electrons. The molecular weight excluding hydrogens is 200 g/mol. The van der Waals surface area contributed by atoms with Crippen LogP contribution in [0.2, 0.25) is 0 Å². The number of rotatable bonds is 4. The Kier molecular flexibility index (Phi) is 2.36. The number of aromatic amines is 1. The summed E-state index contributed by atoms with van der Waals surface area (Å²) in [6, 6.07) is 2.08. The Bertz CT molecular complexity index is 499. The standard InChI is InChI=1S/C12H16N4/c1-8-4-10-12(14-5-8)16-11(15-10)7-13-6-9-2-3-9/h4-5,9,13H,2-3,6-7H2,1H3,(H,14,15,16). The molecule has 0 saturated heterocycles. The average molecular weight is 216 g/mol. The van der Waals surface area contributed by atoms with E-state index in [9.17, 15) is 0 Å². The van der Waals surface area contributed by atoms with E-state index in [-0.39, 0.29) is 0 Å². The Balaban J connectivity index is 1.71. The summed E-state index contributed by atoms with van der Waals surface area (Å²) in [5.74, 6) is 1.89. The van der Waals surface area contributed by atoms with Gasteiger partial charge in [-0.1, -0.05) is 0 Å². The second-order valence-electron chi connectivity index (χ2n) is 4.64. The molecule has 0 atom stereocenters. The molecule has 1 aliphatic carbocycles. The van der Waals surface area contributed by atoms with Gasteiger partial charge >= 0.3 is 0 Å². The van der Waals surface area contributed by atoms with E-state index in [1.807, 2.05) is 13.1 Å². The van der Waals surface area contributed by atoms with Crippen molar-refractivity contribution in [1.29, 1.82) is 0 Å². The van der Waals surface area contributed by atoms with Crippen molar-refractivity contribution in [3.63, 3.8) is 0 Å². The second-order valence-corrected chi connectivity index (χ2v) is 4.64. The maximum absolute atomic E-state index is 4.44. The number of imidazole rings is 1. The average Bonchev–Trinajstić information content (AvgIpc) is 2.98. The number of H-pyrrole nitrogens is 1. The molecular formula is C12H16N4. The summed E-state index contributed by atoms with van der Waals surface area (Å²) in [4.78, 5) is 12.0. The number of aryl methyl sites for hydroxylation is 1. The van der Waals surface area contributed by atoms with E-state index in [0.717, 1.165) is 41.6 Å². The van der Waals surface area contributed by atoms with Crippen LogP contribution in [0.1, 0.15) is 24.2 Å². The highest BCUT2D eigenvalue weighted by atomic mass is 15.0. The lowest BCUT2D eigenvalue weighted by Gasteiger charge is -1.98. The molecule has 4 heteroatoms. The van der Waals surface area contributed by atoms with Crippen LogP contribution < -0.4 is 5.32 Å². The lowest BCUT2D eigenvalue weighted by atomic mass is 10.3. The third-order valence-corrected chi connectivity index (χ3v) is 2.95. The number of nitrogens with one attached hydrogen (secondary N) is 2. The van der Waals surface area contributed by atoms with E-state index in [4.69, 9.17) is 0 Å². The third kappa shape index (κ3) is 2.07. The topological polar surface area (TPSA) is 53.6 Å². The van der Waals surface area contributed by atoms with Crippen molar-refractivity contribution in [2.24, 2.45) is 5.92 Å². The van der Waals surface area contributed by atoms with Crippen LogP contribution in [0.4, 0.5) is 0 Å². The summed E-state index contributed by atoms with van der Waals surface area (Å²) in [6.45, 7) is 3.97. The molecule has 2 aromatic heterocycles. The number of fused-ring (bicyclic) bond motifs is 1. The molecule has 0 amide bonds. The van der Waals surface area contributed by atoms with Crippen LogP contribution in [0.3, 0.4) is 0 Å². The minimum absolute atomic E-state index is 0.811. The first-order chi connectivity index (χ1) is 7.81. The maximum Gasteiger partial charge on any atom is 0.177 e. The molecule has 2 aromatic rings. The molecule has 1 fully saturated rings. The van der Waals surface area contributed by atoms with Gasteiger partial charge in [0.15, 0.2) is 5.65 Å². The highest BCUT2D eigenvalue weighted by Crippen LogP contribution is 2.27. The molecule has 0 unspecified atom stereocenters. The highest BCUT2D eigenvalue weighted by Gasteiger charge is 2.20. The molecule has 16 heavy (non-hydrogen) atoms. The third-order valence-electron chi connectivity index (χ3n) is 2.95. The van der Waals surface area contributed by atoms with Crippen molar-refractivity contribution < 1.29 is 0 Å². The fourth-order valence-corrected chi connectivity index (χ4v) is 1.85. The van der Waals surface area contributed by atoms with Crippen LogP contribution in [0.5, 0.6) is 0 Å². The minimum Gasteiger partial charge on any atom is -0.340 e. The van der Waals surface area contributed by atoms with Crippen LogP contribution in [-0.4, -0.2) is 21.5 Å². The van der Waals surface area contributed by atoms with E-state index in [1.54, 1.807) is 0 Å². The molecule has 2 heterocycles. The van der Waals surface area contributed by atoms with Crippen LogP contribution >= 0.6 is 0 Å². The van der Waals surface area contributed by atoms with Crippen LogP contribution in [0, 0.1) is 12.8 Å². The number of hydrogen-bond acceptors (Lipinski definition) is 3. The monoisotopic (exact) mass is 216 g/mol. The van der Waals surface area contributed by atoms with Gasteiger partial charge in [0.1, 0.15) is 5.82 Å². The van der Waals surface area contributed by atoms with Crippen molar-refractivity contribution in [3.8, 4) is 0 Å². The zero-order chi connectivity index (χ0) is 11.0. The molecule has 0 aliphatic heterocycles. The summed E-state index contributed by atoms with van der Waals surface area (Å²) >= 11 is 0. The van der Waals surface area contributed by atoms with Gasteiger partial charge in [0.25, 0.3) is 0 Å². The van der Waals surface area contributed by atoms with E-state index in [0.29, 0.717) is 0 Å². The zero-order valence-electron chi connectivity index (χ0n) is 9.45. The summed E-state index contributed by atoms with van der Waals surface area (Å²) in [7, 11) is 0. The quantitative estimate of drug-likeness (QED) is 0.819. The van der Waals surface area contributed by atoms with Crippen molar-refractivity contribution in [2.75, 3.05) is 6.54 Å². The van der Waals surface area contributed by atoms with Crippen molar-refractivity contribution in [3.05, 3.63) is 23.7 Å². The second kappa shape index (κ2) is 3.87. The Hall–Kier alpha value is -1.42. The summed E-state index contributed by atoms with van der Waals surface area (Å²) in [5, 5.41) is 3.42. The van der Waals surface area contributed by atoms with Gasteiger partial charge < -0.3 is 10.3 Å². The predicted octanol–water partition coefficient (Wildman–Crippen LogP) is 1.77. The van der Waals surface area contributed by atoms with Gasteiger partial charge in [-0.2, -0.15) is 0 Å². The van der Waals surface area contributed by atoms with Crippen LogP contribution in [-0.2, 0) is 6.54 Å². The largest absolute Gasteiger partial charge is 0.340 e. The van der Waals surface area contributed by atoms with Gasteiger partial charge in [-0.05, 0) is 43.9 Å². The van der Waals surface area contributed by atoms with Crippen LogP contribution in [0.25, 0.3) is 11.2 Å². The summed E-state index contributed by atoms with van der Waals surface area (Å²) < 4.78 is 0. The zero-order valence-corrected chi connectivity index (χ0v) is 9.45. The number of hydrogen-bond donors (Lipinski definition) is 2. The molecule has 3 rings (SSSR count). The Morgan fingerprint density at radius 2 is 2.38 bits per heavy atom. The summed E-state index contributed by atoms with van der Waals surface area (Å²) in [6.07, 6.45) is 4.62. The normalized spacial score (nSPS) is 15.8. The van der Waals surface area contributed by atoms with Gasteiger partial charge in [-0.25, -0.2) is 9.97 Å². The molecule has 0 spiro atoms. The van der Waals surface area contributed by atoms with Crippen molar-refractivity contribution in [1.82, 2.24) is 20.3 Å². The van der Waals surface area contributed by atoms with Gasteiger partial charge in [0.2, 0.25) is 0 Å². The van der Waals surface area contributed by atoms with E-state index >= 15 is 0 Å². The number of aromatic nitrogens is 3. The van der Waals surface area contributed by atoms with E-state index in [1.165, 1.54) is 12.8 Å². The Morgan fingerprint density at radius 3 is 3.19 bits per heavy atom. The van der Waals surface area contributed by atoms with E-state index in [2.05, 4.69) is 26.3 Å². The van der Waals surface area contributed by atoms with Gasteiger partial charge in [-0.15, -0.1) is 0 Å². The molecule has 1 saturated carbocycles. The van der Waals surface area contributed by atoms with Crippen molar-refractivity contribution in [2.45, 2.75) is 26.3 Å². The van der Waals surface area contributed by atoms with E-state index < -0.39 is 0 Å². The Labute approximate surface area is 94.5 Å². The smallest absolute Gasteiger partial charge is 0.177 e. The first kappa shape index (κ1) is 9.78. The molecule has 2 N–H and O–H groups in total. The lowest BCUT2D eigenvalue weighted by molar-refractivity contribution is 0.624. The minimum atomic E-state index is 0.811. The van der Waals surface area contributed by atoms with Gasteiger partial charge in [0, 0.05) is 6.20 Å². The molecule has 0 bridgehead atoms. The highest BCUT2D eigenvalue weighted by molar-refractivity contribution is 5.70. The molecule has 84 valence electrons. The fourth-order valence-electron chi connectivity index (χ4n) is 1.85. The predicted molar refractivity (Wildman–Crippen MR) is 63.1 cm³/mol. The Morgan fingerprint density at radius 1 is 1.50 bits per heavy atom. The maximum atomic E-state index is 4.44. The number of pyridine rings is 1. The van der Waals surface area contributed by atoms with Gasteiger partial charge in [-0.3, -0.25) is 0 Å². The van der Waals surface area contributed by atoms with Gasteiger partial charge in [0.05, 0.1) is 12.1 Å². The van der Waals surface area contributed by atoms with Crippen LogP contribution in [0.15, 0.2) is 12.3 Å². The fraction of sp³-hybridized carbons (Fsp3) is 0.500. The van der Waals surface area contributed by atoms with Crippen molar-refractivity contribution >= 4 is 11.2 Å². The molecule has 1 aliphatic rings. The molecule has 0 aromatic carbocycles. The lowest BCUT2D eigenvalue weighted by Crippen LogP contribution is -2.16. The first-order valence-corrected chi connectivity index (χ1v) is 5.83. The summed E-state index contributed by atoms with van der Waals surface area (Å²) in [5.41, 5.74) is 3.01. The number of nitrogens with zero attached hydrogens (tertiary/aromatic N) is 2.